The van der Waals surface area contributed by atoms with E-state index in [1.165, 1.54) is 24.3 Å². The van der Waals surface area contributed by atoms with E-state index < -0.39 is 0 Å². The Kier molecular flexibility index (Phi) is 8.49. The first kappa shape index (κ1) is 25.5. The van der Waals surface area contributed by atoms with Crippen molar-refractivity contribution in [2.75, 3.05) is 13.7 Å². The second-order valence-corrected chi connectivity index (χ2v) is 9.44. The van der Waals surface area contributed by atoms with Crippen LogP contribution in [0, 0.1) is 0 Å². The molecule has 0 fully saturated rings. The van der Waals surface area contributed by atoms with E-state index in [4.69, 9.17) is 9.47 Å². The molecule has 0 aliphatic rings. The number of nitrogens with zero attached hydrogens (tertiary/aromatic N) is 1. The first-order valence-electron chi connectivity index (χ1n) is 12.2. The summed E-state index contributed by atoms with van der Waals surface area (Å²) < 4.78 is 11.3. The third-order valence-corrected chi connectivity index (χ3v) is 6.20. The van der Waals surface area contributed by atoms with Gasteiger partial charge in [-0.25, -0.2) is 4.79 Å². The van der Waals surface area contributed by atoms with Crippen LogP contribution in [-0.4, -0.2) is 24.7 Å². The largest absolute Gasteiger partial charge is 0.493 e. The van der Waals surface area contributed by atoms with Crippen LogP contribution in [0.3, 0.4) is 0 Å². The lowest BCUT2D eigenvalue weighted by Gasteiger charge is -2.22. The van der Waals surface area contributed by atoms with Gasteiger partial charge < -0.3 is 9.47 Å². The minimum absolute atomic E-state index is 0.336. The van der Waals surface area contributed by atoms with E-state index in [9.17, 15) is 4.79 Å². The number of rotatable bonds is 9. The minimum atomic E-state index is -0.359. The molecule has 1 heterocycles. The van der Waals surface area contributed by atoms with Crippen LogP contribution in [0.2, 0.25) is 0 Å². The molecule has 4 heteroatoms. The summed E-state index contributed by atoms with van der Waals surface area (Å²) in [5.74, 6) is 1.34. The Morgan fingerprint density at radius 1 is 1.03 bits per heavy atom. The number of aromatic nitrogens is 1. The van der Waals surface area contributed by atoms with Gasteiger partial charge in [-0.1, -0.05) is 53.2 Å². The topological polar surface area (TPSA) is 48.4 Å². The second kappa shape index (κ2) is 11.3. The van der Waals surface area contributed by atoms with Crippen LogP contribution in [0.5, 0.6) is 5.75 Å². The molecule has 0 unspecified atom stereocenters. The van der Waals surface area contributed by atoms with Crippen molar-refractivity contribution in [2.45, 2.75) is 66.2 Å². The molecule has 180 valence electrons. The monoisotopic (exact) mass is 459 g/mol. The van der Waals surface area contributed by atoms with Gasteiger partial charge in [0.25, 0.3) is 0 Å². The molecule has 0 spiro atoms. The number of methoxy groups -OCH3 is 1. The molecule has 0 bridgehead atoms. The molecule has 0 saturated carbocycles. The SMILES string of the molecule is CCCCOc1c(-c2ccnc3ccc(/C(C)=C/C(=O)OC)cc23)cc(C(C)C)cc1C(C)C. The minimum Gasteiger partial charge on any atom is -0.493 e. The van der Waals surface area contributed by atoms with E-state index in [1.807, 2.05) is 25.3 Å². The van der Waals surface area contributed by atoms with Gasteiger partial charge in [-0.05, 0) is 77.3 Å². The Labute approximate surface area is 204 Å². The lowest BCUT2D eigenvalue weighted by molar-refractivity contribution is -0.134. The van der Waals surface area contributed by atoms with Crippen LogP contribution in [0.25, 0.3) is 27.6 Å². The lowest BCUT2D eigenvalue weighted by Crippen LogP contribution is -2.05. The van der Waals surface area contributed by atoms with Crippen LogP contribution < -0.4 is 4.74 Å². The number of hydrogen-bond donors (Lipinski definition) is 0. The van der Waals surface area contributed by atoms with E-state index >= 15 is 0 Å². The third kappa shape index (κ3) is 5.67. The first-order valence-corrected chi connectivity index (χ1v) is 12.2. The molecule has 4 nitrogen and oxygen atoms in total. The number of ether oxygens (including phenoxy) is 2. The summed E-state index contributed by atoms with van der Waals surface area (Å²) in [5.41, 5.74) is 7.45. The molecule has 0 N–H and O–H groups in total. The highest BCUT2D eigenvalue weighted by molar-refractivity contribution is 5.99. The fourth-order valence-corrected chi connectivity index (χ4v) is 4.06. The lowest BCUT2D eigenvalue weighted by atomic mass is 9.88. The summed E-state index contributed by atoms with van der Waals surface area (Å²) in [6.45, 7) is 13.7. The van der Waals surface area contributed by atoms with Crippen LogP contribution in [0.15, 0.2) is 48.7 Å². The maximum Gasteiger partial charge on any atom is 0.330 e. The van der Waals surface area contributed by atoms with Crippen LogP contribution >= 0.6 is 0 Å². The average molecular weight is 460 g/mol. The number of pyridine rings is 1. The van der Waals surface area contributed by atoms with Gasteiger partial charge in [0.05, 0.1) is 19.2 Å². The zero-order valence-corrected chi connectivity index (χ0v) is 21.6. The highest BCUT2D eigenvalue weighted by atomic mass is 16.5. The third-order valence-electron chi connectivity index (χ3n) is 6.20. The molecule has 3 aromatic rings. The smallest absolute Gasteiger partial charge is 0.330 e. The molecule has 3 rings (SSSR count). The number of fused-ring (bicyclic) bond motifs is 1. The van der Waals surface area contributed by atoms with Gasteiger partial charge in [0.1, 0.15) is 5.75 Å². The maximum absolute atomic E-state index is 11.8. The van der Waals surface area contributed by atoms with Crippen LogP contribution in [-0.2, 0) is 9.53 Å². The standard InChI is InChI=1S/C30H37NO3/c1-8-9-14-34-30-25(20(4)5)17-23(19(2)3)18-27(30)24-12-13-31-28-11-10-22(16-26(24)28)21(6)15-29(32)33-7/h10-13,15-20H,8-9,14H2,1-7H3/b21-15+. The summed E-state index contributed by atoms with van der Waals surface area (Å²) in [4.78, 5) is 16.4. The van der Waals surface area contributed by atoms with E-state index in [0.717, 1.165) is 51.8 Å². The zero-order chi connectivity index (χ0) is 24.8. The molecular weight excluding hydrogens is 422 g/mol. The van der Waals surface area contributed by atoms with Crippen molar-refractivity contribution in [3.63, 3.8) is 0 Å². The van der Waals surface area contributed by atoms with Crippen molar-refractivity contribution in [3.05, 3.63) is 65.4 Å². The van der Waals surface area contributed by atoms with Crippen molar-refractivity contribution in [1.82, 2.24) is 4.98 Å². The quantitative estimate of drug-likeness (QED) is 0.185. The van der Waals surface area contributed by atoms with Gasteiger partial charge in [0, 0.05) is 23.2 Å². The molecule has 0 radical (unpaired) electrons. The van der Waals surface area contributed by atoms with Gasteiger partial charge in [0.2, 0.25) is 0 Å². The Morgan fingerprint density at radius 2 is 1.79 bits per heavy atom. The number of carbonyl (C=O) groups excluding carboxylic acids is 1. The molecule has 1 aromatic heterocycles. The number of carbonyl (C=O) groups is 1. The Morgan fingerprint density at radius 3 is 2.44 bits per heavy atom. The highest BCUT2D eigenvalue weighted by Gasteiger charge is 2.19. The van der Waals surface area contributed by atoms with Gasteiger partial charge in [-0.3, -0.25) is 4.98 Å². The van der Waals surface area contributed by atoms with E-state index in [1.54, 1.807) is 0 Å². The van der Waals surface area contributed by atoms with E-state index in [2.05, 4.69) is 63.9 Å². The van der Waals surface area contributed by atoms with Crippen molar-refractivity contribution in [3.8, 4) is 16.9 Å². The predicted molar refractivity (Wildman–Crippen MR) is 141 cm³/mol. The average Bonchev–Trinajstić information content (AvgIpc) is 2.82. The maximum atomic E-state index is 11.8. The van der Waals surface area contributed by atoms with Crippen molar-refractivity contribution in [1.29, 1.82) is 0 Å². The summed E-state index contributed by atoms with van der Waals surface area (Å²) in [6.07, 6.45) is 5.49. The fraction of sp³-hybridized carbons (Fsp3) is 0.400. The van der Waals surface area contributed by atoms with Crippen LogP contribution in [0.1, 0.15) is 82.9 Å². The Balaban J connectivity index is 2.29. The van der Waals surface area contributed by atoms with E-state index in [-0.39, 0.29) is 5.97 Å². The summed E-state index contributed by atoms with van der Waals surface area (Å²) in [7, 11) is 1.39. The molecule has 2 aromatic carbocycles. The Hall–Kier alpha value is -3.14. The van der Waals surface area contributed by atoms with Crippen molar-refractivity contribution < 1.29 is 14.3 Å². The molecular formula is C30H37NO3. The van der Waals surface area contributed by atoms with E-state index in [0.29, 0.717) is 18.4 Å². The molecule has 0 aliphatic heterocycles. The van der Waals surface area contributed by atoms with Crippen molar-refractivity contribution >= 4 is 22.4 Å². The number of esters is 1. The summed E-state index contributed by atoms with van der Waals surface area (Å²) in [5, 5.41) is 1.04. The number of unbranched alkanes of at least 4 members (excludes halogenated alkanes) is 1. The summed E-state index contributed by atoms with van der Waals surface area (Å²) >= 11 is 0. The van der Waals surface area contributed by atoms with Gasteiger partial charge in [-0.2, -0.15) is 0 Å². The molecule has 34 heavy (non-hydrogen) atoms. The number of allylic oxidation sites excluding steroid dienone is 1. The summed E-state index contributed by atoms with van der Waals surface area (Å²) in [6, 6.07) is 12.8. The molecule has 0 aliphatic carbocycles. The number of hydrogen-bond acceptors (Lipinski definition) is 4. The normalized spacial score (nSPS) is 12.0. The predicted octanol–water partition coefficient (Wildman–Crippen LogP) is 7.90. The van der Waals surface area contributed by atoms with Crippen molar-refractivity contribution in [2.24, 2.45) is 0 Å². The first-order chi connectivity index (χ1) is 16.3. The molecule has 0 atom stereocenters. The van der Waals surface area contributed by atoms with Gasteiger partial charge >= 0.3 is 5.97 Å². The number of benzene rings is 2. The molecule has 0 amide bonds. The van der Waals surface area contributed by atoms with Gasteiger partial charge in [-0.15, -0.1) is 0 Å². The fourth-order valence-electron chi connectivity index (χ4n) is 4.06. The Bertz CT molecular complexity index is 1190. The van der Waals surface area contributed by atoms with Crippen LogP contribution in [0.4, 0.5) is 0 Å². The highest BCUT2D eigenvalue weighted by Crippen LogP contribution is 2.42. The zero-order valence-electron chi connectivity index (χ0n) is 21.6. The molecule has 0 saturated heterocycles. The second-order valence-electron chi connectivity index (χ2n) is 9.44. The van der Waals surface area contributed by atoms with Gasteiger partial charge in [0.15, 0.2) is 0 Å².